The smallest absolute Gasteiger partial charge is 0.333 e. The van der Waals surface area contributed by atoms with Gasteiger partial charge in [0.2, 0.25) is 0 Å². The molecule has 0 amide bonds. The highest BCUT2D eigenvalue weighted by molar-refractivity contribution is 5.87. The molecule has 4 rings (SSSR count). The summed E-state index contributed by atoms with van der Waals surface area (Å²) in [7, 11) is 0. The first-order valence-corrected chi connectivity index (χ1v) is 14.1. The molecule has 6 nitrogen and oxygen atoms in total. The quantitative estimate of drug-likeness (QED) is 0.125. The molecule has 0 heterocycles. The monoisotopic (exact) mass is 575 g/mol. The van der Waals surface area contributed by atoms with Crippen molar-refractivity contribution in [3.8, 4) is 16.9 Å². The molecule has 0 aromatic heterocycles. The molecule has 0 fully saturated rings. The van der Waals surface area contributed by atoms with Gasteiger partial charge in [-0.1, -0.05) is 66.7 Å². The summed E-state index contributed by atoms with van der Waals surface area (Å²) < 4.78 is 16.3. The zero-order chi connectivity index (χ0) is 30.9. The molecule has 43 heavy (non-hydrogen) atoms. The van der Waals surface area contributed by atoms with Crippen molar-refractivity contribution in [2.45, 2.75) is 33.8 Å². The minimum Gasteiger partial charge on any atom is -0.490 e. The van der Waals surface area contributed by atoms with Crippen molar-refractivity contribution in [3.63, 3.8) is 0 Å². The minimum absolute atomic E-state index is 0.00403. The molecule has 0 aliphatic carbocycles. The highest BCUT2D eigenvalue weighted by Crippen LogP contribution is 2.38. The highest BCUT2D eigenvalue weighted by Gasteiger charge is 2.18. The van der Waals surface area contributed by atoms with Crippen LogP contribution in [0.5, 0.6) is 5.75 Å². The van der Waals surface area contributed by atoms with E-state index >= 15 is 0 Å². The van der Waals surface area contributed by atoms with Crippen molar-refractivity contribution in [3.05, 3.63) is 132 Å². The normalized spacial score (nSPS) is 11.3. The van der Waals surface area contributed by atoms with Crippen LogP contribution in [0.2, 0.25) is 0 Å². The molecule has 0 spiro atoms. The summed E-state index contributed by atoms with van der Waals surface area (Å²) in [4.78, 5) is 25.8. The number of carbonyl (C=O) groups is 2. The number of carbonyl (C=O) groups excluding carboxylic acids is 2. The Hall–Kier alpha value is -5.10. The van der Waals surface area contributed by atoms with Crippen molar-refractivity contribution in [1.29, 1.82) is 0 Å². The van der Waals surface area contributed by atoms with Crippen molar-refractivity contribution in [2.75, 3.05) is 18.1 Å². The van der Waals surface area contributed by atoms with Crippen molar-refractivity contribution >= 4 is 29.0 Å². The predicted molar refractivity (Wildman–Crippen MR) is 172 cm³/mol. The van der Waals surface area contributed by atoms with E-state index in [0.717, 1.165) is 39.8 Å². The first kappa shape index (κ1) is 30.8. The molecular formula is C37H37NO5. The second kappa shape index (κ2) is 14.2. The van der Waals surface area contributed by atoms with Gasteiger partial charge in [0.05, 0.1) is 0 Å². The fraction of sp³-hybridized carbons (Fsp3) is 0.189. The third-order valence-electron chi connectivity index (χ3n) is 6.84. The maximum Gasteiger partial charge on any atom is 0.333 e. The number of hydrogen-bond acceptors (Lipinski definition) is 6. The Morgan fingerprint density at radius 2 is 1.35 bits per heavy atom. The van der Waals surface area contributed by atoms with Crippen LogP contribution in [0.15, 0.2) is 116 Å². The summed E-state index contributed by atoms with van der Waals surface area (Å²) >= 11 is 0. The van der Waals surface area contributed by atoms with Gasteiger partial charge in [0.25, 0.3) is 0 Å². The molecule has 4 aromatic carbocycles. The predicted octanol–water partition coefficient (Wildman–Crippen LogP) is 8.34. The zero-order valence-electron chi connectivity index (χ0n) is 25.1. The summed E-state index contributed by atoms with van der Waals surface area (Å²) in [5, 5.41) is 0. The van der Waals surface area contributed by atoms with Gasteiger partial charge in [0.1, 0.15) is 19.0 Å². The van der Waals surface area contributed by atoms with E-state index in [9.17, 15) is 9.59 Å². The van der Waals surface area contributed by atoms with E-state index in [-0.39, 0.29) is 18.8 Å². The van der Waals surface area contributed by atoms with E-state index in [1.165, 1.54) is 11.1 Å². The fourth-order valence-electron chi connectivity index (χ4n) is 4.45. The number of ether oxygens (including phenoxy) is 3. The second-order valence-electron chi connectivity index (χ2n) is 10.5. The van der Waals surface area contributed by atoms with Gasteiger partial charge in [-0.2, -0.15) is 0 Å². The van der Waals surface area contributed by atoms with Gasteiger partial charge in [-0.25, -0.2) is 9.59 Å². The Labute approximate surface area is 253 Å². The number of aryl methyl sites for hydroxylation is 3. The summed E-state index contributed by atoms with van der Waals surface area (Å²) in [5.41, 5.74) is 9.22. The van der Waals surface area contributed by atoms with Crippen LogP contribution in [0.3, 0.4) is 0 Å². The lowest BCUT2D eigenvalue weighted by Crippen LogP contribution is -2.30. The largest absolute Gasteiger partial charge is 0.490 e. The first-order valence-electron chi connectivity index (χ1n) is 14.1. The van der Waals surface area contributed by atoms with Gasteiger partial charge in [-0.15, -0.1) is 0 Å². The molecule has 0 aliphatic heterocycles. The number of hydrogen-bond donors (Lipinski definition) is 0. The van der Waals surface area contributed by atoms with Crippen molar-refractivity contribution in [1.82, 2.24) is 0 Å². The van der Waals surface area contributed by atoms with E-state index < -0.39 is 18.0 Å². The average Bonchev–Trinajstić information content (AvgIpc) is 3.01. The number of rotatable bonds is 12. The molecule has 4 aromatic rings. The molecule has 0 saturated heterocycles. The van der Waals surface area contributed by atoms with Crippen molar-refractivity contribution in [2.24, 2.45) is 0 Å². The summed E-state index contributed by atoms with van der Waals surface area (Å²) in [5.74, 6) is -0.600. The topological polar surface area (TPSA) is 65.1 Å². The Morgan fingerprint density at radius 1 is 0.791 bits per heavy atom. The molecule has 0 bridgehead atoms. The molecule has 0 aliphatic rings. The van der Waals surface area contributed by atoms with Gasteiger partial charge in [0, 0.05) is 28.7 Å². The number of nitrogens with zero attached hydrogens (tertiary/aromatic N) is 1. The Balaban J connectivity index is 1.51. The Morgan fingerprint density at radius 3 is 1.86 bits per heavy atom. The van der Waals surface area contributed by atoms with E-state index in [2.05, 4.69) is 106 Å². The molecule has 0 radical (unpaired) electrons. The standard InChI is InChI=1S/C37H37NO5/c1-7-36(39)43-34(24-42-37(40)25(2)3)23-41-33-19-12-29(13-20-33)30-14-21-35(28(6)22-30)38(31-15-8-26(4)9-16-31)32-17-10-27(5)11-18-32/h7-22,34H,1-2,23-24H2,3-6H3. The summed E-state index contributed by atoms with van der Waals surface area (Å²) in [6.07, 6.45) is 0.254. The number of benzene rings is 4. The maximum absolute atomic E-state index is 11.8. The average molecular weight is 576 g/mol. The molecular weight excluding hydrogens is 538 g/mol. The fourth-order valence-corrected chi connectivity index (χ4v) is 4.45. The molecule has 6 heteroatoms. The highest BCUT2D eigenvalue weighted by atomic mass is 16.6. The van der Waals surface area contributed by atoms with E-state index in [4.69, 9.17) is 14.2 Å². The van der Waals surface area contributed by atoms with Crippen LogP contribution < -0.4 is 9.64 Å². The van der Waals surface area contributed by atoms with Gasteiger partial charge in [-0.05, 0) is 92.9 Å². The van der Waals surface area contributed by atoms with Crippen LogP contribution in [-0.2, 0) is 19.1 Å². The van der Waals surface area contributed by atoms with E-state index in [1.54, 1.807) is 6.92 Å². The minimum atomic E-state index is -0.798. The van der Waals surface area contributed by atoms with Crippen LogP contribution in [-0.4, -0.2) is 31.3 Å². The molecule has 0 N–H and O–H groups in total. The molecule has 220 valence electrons. The number of esters is 2. The van der Waals surface area contributed by atoms with Crippen LogP contribution in [0, 0.1) is 20.8 Å². The van der Waals surface area contributed by atoms with E-state index in [1.807, 2.05) is 24.3 Å². The second-order valence-corrected chi connectivity index (χ2v) is 10.5. The molecule has 1 unspecified atom stereocenters. The van der Waals surface area contributed by atoms with Gasteiger partial charge in [-0.3, -0.25) is 0 Å². The van der Waals surface area contributed by atoms with Gasteiger partial charge in [0.15, 0.2) is 6.10 Å². The Kier molecular flexibility index (Phi) is 10.2. The van der Waals surface area contributed by atoms with Crippen LogP contribution in [0.4, 0.5) is 17.1 Å². The SMILES string of the molecule is C=CC(=O)OC(COC(=O)C(=C)C)COc1ccc(-c2ccc(N(c3ccc(C)cc3)c3ccc(C)cc3)c(C)c2)cc1. The van der Waals surface area contributed by atoms with E-state index in [0.29, 0.717) is 5.75 Å². The lowest BCUT2D eigenvalue weighted by Gasteiger charge is -2.27. The first-order chi connectivity index (χ1) is 20.6. The lowest BCUT2D eigenvalue weighted by atomic mass is 10.0. The third kappa shape index (κ3) is 8.23. The number of anilines is 3. The summed E-state index contributed by atoms with van der Waals surface area (Å²) in [6.45, 7) is 14.7. The van der Waals surface area contributed by atoms with Crippen LogP contribution in [0.1, 0.15) is 23.6 Å². The lowest BCUT2D eigenvalue weighted by molar-refractivity contribution is -0.154. The van der Waals surface area contributed by atoms with Crippen LogP contribution >= 0.6 is 0 Å². The molecule has 0 saturated carbocycles. The van der Waals surface area contributed by atoms with Gasteiger partial charge >= 0.3 is 11.9 Å². The molecule has 1 atom stereocenters. The summed E-state index contributed by atoms with van der Waals surface area (Å²) in [6, 6.07) is 31.2. The Bertz CT molecular complexity index is 1540. The van der Waals surface area contributed by atoms with Crippen molar-refractivity contribution < 1.29 is 23.8 Å². The third-order valence-corrected chi connectivity index (χ3v) is 6.84. The maximum atomic E-state index is 11.8. The van der Waals surface area contributed by atoms with Gasteiger partial charge < -0.3 is 19.1 Å². The van der Waals surface area contributed by atoms with Crippen LogP contribution in [0.25, 0.3) is 11.1 Å². The zero-order valence-corrected chi connectivity index (χ0v) is 25.1.